The van der Waals surface area contributed by atoms with Crippen LogP contribution in [0.15, 0.2) is 48.5 Å². The van der Waals surface area contributed by atoms with E-state index < -0.39 is 11.7 Å². The minimum Gasteiger partial charge on any atom is -0.395 e. The van der Waals surface area contributed by atoms with Gasteiger partial charge < -0.3 is 15.1 Å². The molecule has 0 spiro atoms. The lowest BCUT2D eigenvalue weighted by atomic mass is 10.1. The van der Waals surface area contributed by atoms with Crippen molar-refractivity contribution in [1.29, 1.82) is 0 Å². The fourth-order valence-corrected chi connectivity index (χ4v) is 2.87. The minimum atomic E-state index is -0.563. The van der Waals surface area contributed by atoms with Gasteiger partial charge in [-0.15, -0.1) is 0 Å². The van der Waals surface area contributed by atoms with Crippen molar-refractivity contribution in [2.45, 2.75) is 0 Å². The fraction of sp³-hybridized carbons (Fsp3) is 0.222. The molecule has 6 nitrogen and oxygen atoms in total. The third-order valence-electron chi connectivity index (χ3n) is 4.00. The molecule has 0 aromatic heterocycles. The number of amides is 1. The molecule has 2 aromatic carbocycles. The van der Waals surface area contributed by atoms with Crippen LogP contribution < -0.4 is 9.80 Å². The molecular formula is C18H18N2O4. The van der Waals surface area contributed by atoms with Gasteiger partial charge in [-0.1, -0.05) is 12.1 Å². The van der Waals surface area contributed by atoms with E-state index in [4.69, 9.17) is 10.2 Å². The van der Waals surface area contributed by atoms with Gasteiger partial charge in [0.2, 0.25) is 0 Å². The number of hydrogen-bond donors (Lipinski definition) is 2. The molecule has 1 aliphatic heterocycles. The van der Waals surface area contributed by atoms with Gasteiger partial charge in [0.1, 0.15) is 0 Å². The number of carbonyl (C=O) groups excluding carboxylic acids is 2. The molecule has 1 heterocycles. The van der Waals surface area contributed by atoms with E-state index in [0.29, 0.717) is 30.0 Å². The zero-order chi connectivity index (χ0) is 17.1. The van der Waals surface area contributed by atoms with E-state index in [0.717, 1.165) is 5.69 Å². The standard InChI is InChI=1S/C18H18N2O4/c21-11-9-19(10-12-22)13-5-7-14(8-6-13)20-16-4-2-1-3-15(16)17(23)18(20)24/h1-8,21-22H,9-12H2. The van der Waals surface area contributed by atoms with Gasteiger partial charge in [-0.25, -0.2) is 0 Å². The Kier molecular flexibility index (Phi) is 4.59. The number of Topliss-reactive ketones (excluding diaryl/α,β-unsaturated/α-hetero) is 1. The molecule has 0 saturated carbocycles. The van der Waals surface area contributed by atoms with Crippen molar-refractivity contribution in [2.75, 3.05) is 36.1 Å². The minimum absolute atomic E-state index is 0.0196. The third-order valence-corrected chi connectivity index (χ3v) is 4.00. The number of aliphatic hydroxyl groups is 2. The number of carbonyl (C=O) groups is 2. The van der Waals surface area contributed by atoms with Crippen LogP contribution in [0.2, 0.25) is 0 Å². The number of rotatable bonds is 6. The molecular weight excluding hydrogens is 308 g/mol. The molecule has 2 N–H and O–H groups in total. The maximum absolute atomic E-state index is 12.3. The molecule has 24 heavy (non-hydrogen) atoms. The van der Waals surface area contributed by atoms with E-state index in [9.17, 15) is 9.59 Å². The van der Waals surface area contributed by atoms with E-state index in [2.05, 4.69) is 0 Å². The number of ketones is 1. The van der Waals surface area contributed by atoms with E-state index in [1.807, 2.05) is 4.90 Å². The van der Waals surface area contributed by atoms with Crippen molar-refractivity contribution in [3.05, 3.63) is 54.1 Å². The molecule has 0 aliphatic carbocycles. The maximum atomic E-state index is 12.3. The van der Waals surface area contributed by atoms with E-state index >= 15 is 0 Å². The first-order valence-corrected chi connectivity index (χ1v) is 7.72. The molecule has 0 bridgehead atoms. The summed E-state index contributed by atoms with van der Waals surface area (Å²) < 4.78 is 0. The lowest BCUT2D eigenvalue weighted by molar-refractivity contribution is -0.113. The summed E-state index contributed by atoms with van der Waals surface area (Å²) in [5.41, 5.74) is 2.43. The molecule has 3 rings (SSSR count). The van der Waals surface area contributed by atoms with Crippen LogP contribution in [0.3, 0.4) is 0 Å². The molecule has 6 heteroatoms. The zero-order valence-electron chi connectivity index (χ0n) is 13.1. The highest BCUT2D eigenvalue weighted by Gasteiger charge is 2.36. The predicted molar refractivity (Wildman–Crippen MR) is 90.7 cm³/mol. The summed E-state index contributed by atoms with van der Waals surface area (Å²) in [5.74, 6) is -1.07. The fourth-order valence-electron chi connectivity index (χ4n) is 2.87. The average Bonchev–Trinajstić information content (AvgIpc) is 2.86. The van der Waals surface area contributed by atoms with Gasteiger partial charge in [0.25, 0.3) is 5.78 Å². The first-order chi connectivity index (χ1) is 11.7. The monoisotopic (exact) mass is 326 g/mol. The van der Waals surface area contributed by atoms with Gasteiger partial charge in [0.05, 0.1) is 24.5 Å². The smallest absolute Gasteiger partial charge is 0.304 e. The van der Waals surface area contributed by atoms with Crippen LogP contribution in [0.25, 0.3) is 0 Å². The van der Waals surface area contributed by atoms with Gasteiger partial charge in [-0.2, -0.15) is 0 Å². The molecule has 0 atom stereocenters. The Morgan fingerprint density at radius 2 is 1.50 bits per heavy atom. The molecule has 0 radical (unpaired) electrons. The van der Waals surface area contributed by atoms with Crippen LogP contribution in [0, 0.1) is 0 Å². The second-order valence-electron chi connectivity index (χ2n) is 5.44. The van der Waals surface area contributed by atoms with Gasteiger partial charge in [0, 0.05) is 24.5 Å². The van der Waals surface area contributed by atoms with Crippen molar-refractivity contribution in [3.63, 3.8) is 0 Å². The van der Waals surface area contributed by atoms with Gasteiger partial charge in [-0.05, 0) is 36.4 Å². The highest BCUT2D eigenvalue weighted by molar-refractivity contribution is 6.53. The number of hydrogen-bond acceptors (Lipinski definition) is 5. The zero-order valence-corrected chi connectivity index (χ0v) is 13.1. The topological polar surface area (TPSA) is 81.1 Å². The van der Waals surface area contributed by atoms with Crippen LogP contribution >= 0.6 is 0 Å². The molecule has 1 aliphatic rings. The predicted octanol–water partition coefficient (Wildman–Crippen LogP) is 1.34. The summed E-state index contributed by atoms with van der Waals surface area (Å²) in [7, 11) is 0. The van der Waals surface area contributed by atoms with Crippen LogP contribution in [0.4, 0.5) is 17.1 Å². The summed E-state index contributed by atoms with van der Waals surface area (Å²) in [6, 6.07) is 14.0. The van der Waals surface area contributed by atoms with Crippen LogP contribution in [-0.2, 0) is 4.79 Å². The number of para-hydroxylation sites is 1. The summed E-state index contributed by atoms with van der Waals surface area (Å²) in [6.45, 7) is 0.774. The molecule has 124 valence electrons. The number of fused-ring (bicyclic) bond motifs is 1. The Morgan fingerprint density at radius 3 is 2.12 bits per heavy atom. The summed E-state index contributed by atoms with van der Waals surface area (Å²) in [5, 5.41) is 18.2. The molecule has 0 saturated heterocycles. The van der Waals surface area contributed by atoms with Crippen molar-refractivity contribution in [3.8, 4) is 0 Å². The van der Waals surface area contributed by atoms with Crippen LogP contribution in [0.5, 0.6) is 0 Å². The second-order valence-corrected chi connectivity index (χ2v) is 5.44. The van der Waals surface area contributed by atoms with Crippen molar-refractivity contribution < 1.29 is 19.8 Å². The van der Waals surface area contributed by atoms with E-state index in [-0.39, 0.29) is 13.2 Å². The molecule has 2 aromatic rings. The lowest BCUT2D eigenvalue weighted by Gasteiger charge is -2.24. The number of aliphatic hydroxyl groups excluding tert-OH is 2. The van der Waals surface area contributed by atoms with Crippen LogP contribution in [-0.4, -0.2) is 48.2 Å². The normalized spacial score (nSPS) is 13.3. The highest BCUT2D eigenvalue weighted by Crippen LogP contribution is 2.35. The van der Waals surface area contributed by atoms with Gasteiger partial charge in [0.15, 0.2) is 0 Å². The Morgan fingerprint density at radius 1 is 0.875 bits per heavy atom. The summed E-state index contributed by atoms with van der Waals surface area (Å²) >= 11 is 0. The SMILES string of the molecule is O=C1C(=O)N(c2ccc(N(CCO)CCO)cc2)c2ccccc21. The van der Waals surface area contributed by atoms with Crippen molar-refractivity contribution >= 4 is 28.8 Å². The molecule has 1 amide bonds. The van der Waals surface area contributed by atoms with Gasteiger partial charge in [-0.3, -0.25) is 14.5 Å². The molecule has 0 fully saturated rings. The number of benzene rings is 2. The Labute approximate surface area is 139 Å². The van der Waals surface area contributed by atoms with Crippen molar-refractivity contribution in [1.82, 2.24) is 0 Å². The van der Waals surface area contributed by atoms with Crippen molar-refractivity contribution in [2.24, 2.45) is 0 Å². The number of nitrogens with zero attached hydrogens (tertiary/aromatic N) is 2. The highest BCUT2D eigenvalue weighted by atomic mass is 16.3. The summed E-state index contributed by atoms with van der Waals surface area (Å²) in [4.78, 5) is 27.6. The lowest BCUT2D eigenvalue weighted by Crippen LogP contribution is -2.29. The van der Waals surface area contributed by atoms with Crippen LogP contribution in [0.1, 0.15) is 10.4 Å². The first-order valence-electron chi connectivity index (χ1n) is 7.72. The van der Waals surface area contributed by atoms with Gasteiger partial charge >= 0.3 is 5.91 Å². The second kappa shape index (κ2) is 6.82. The average molecular weight is 326 g/mol. The third kappa shape index (κ3) is 2.77. The maximum Gasteiger partial charge on any atom is 0.304 e. The summed E-state index contributed by atoms with van der Waals surface area (Å²) in [6.07, 6.45) is 0. The largest absolute Gasteiger partial charge is 0.395 e. The Hall–Kier alpha value is -2.70. The first kappa shape index (κ1) is 16.2. The van der Waals surface area contributed by atoms with E-state index in [1.165, 1.54) is 4.90 Å². The number of anilines is 3. The Balaban J connectivity index is 1.91. The van der Waals surface area contributed by atoms with E-state index in [1.54, 1.807) is 48.5 Å². The quantitative estimate of drug-likeness (QED) is 0.783. The Bertz CT molecular complexity index is 752. The molecule has 0 unspecified atom stereocenters.